The average molecular weight is 510 g/mol. The van der Waals surface area contributed by atoms with E-state index in [1.54, 1.807) is 0 Å². The molecule has 0 spiro atoms. The summed E-state index contributed by atoms with van der Waals surface area (Å²) in [6, 6.07) is 31.1. The first kappa shape index (κ1) is 23.1. The molecule has 178 valence electrons. The number of rotatable bonds is 6. The van der Waals surface area contributed by atoms with Crippen LogP contribution in [0.2, 0.25) is 10.0 Å². The van der Waals surface area contributed by atoms with Gasteiger partial charge in [0.15, 0.2) is 5.60 Å². The summed E-state index contributed by atoms with van der Waals surface area (Å²) in [4.78, 5) is 4.71. The first-order valence-corrected chi connectivity index (χ1v) is 12.9. The van der Waals surface area contributed by atoms with Crippen molar-refractivity contribution in [3.8, 4) is 5.75 Å². The number of halogens is 2. The minimum absolute atomic E-state index is 0.120. The lowest BCUT2D eigenvalue weighted by atomic mass is 9.76. The summed E-state index contributed by atoms with van der Waals surface area (Å²) in [5.74, 6) is 0.983. The van der Waals surface area contributed by atoms with Crippen LogP contribution in [0, 0.1) is 0 Å². The fourth-order valence-electron chi connectivity index (χ4n) is 5.48. The standard InChI is InChI=1S/C32H25Cl2NO/c1-20(2)28-26(16-17-27(33)29(28)34)32(23-11-5-3-6-12-23,24-13-7-4-8-14-24)36-31-22-18-21-10-9-15-25(31)30(21)35-19-22/h3-17,19-20H,18H2,1-2H3. The van der Waals surface area contributed by atoms with Crippen molar-refractivity contribution in [2.45, 2.75) is 31.8 Å². The second kappa shape index (κ2) is 8.96. The van der Waals surface area contributed by atoms with Crippen molar-refractivity contribution in [3.05, 3.63) is 141 Å². The molecule has 0 unspecified atom stereocenters. The predicted octanol–water partition coefficient (Wildman–Crippen LogP) is 8.94. The molecule has 4 heteroatoms. The van der Waals surface area contributed by atoms with E-state index in [2.05, 4.69) is 86.6 Å². The maximum Gasteiger partial charge on any atom is 0.184 e. The number of benzene rings is 4. The third-order valence-corrected chi connectivity index (χ3v) is 7.91. The van der Waals surface area contributed by atoms with Gasteiger partial charge in [-0.05, 0) is 29.2 Å². The SMILES string of the molecule is CC(C)c1c(C(Oc2c3cnc4c(cccc24)C3)(c2ccccc2)c2ccccc2)ccc(Cl)c1Cl. The number of hydrogen-bond acceptors (Lipinski definition) is 2. The van der Waals surface area contributed by atoms with E-state index in [1.165, 1.54) is 5.56 Å². The molecule has 0 amide bonds. The maximum atomic E-state index is 7.39. The number of aromatic nitrogens is 1. The second-order valence-electron chi connectivity index (χ2n) is 9.60. The quantitative estimate of drug-likeness (QED) is 0.209. The van der Waals surface area contributed by atoms with Gasteiger partial charge in [0.2, 0.25) is 0 Å². The van der Waals surface area contributed by atoms with Crippen LogP contribution >= 0.6 is 23.2 Å². The van der Waals surface area contributed by atoms with Crippen molar-refractivity contribution in [1.82, 2.24) is 4.98 Å². The summed E-state index contributed by atoms with van der Waals surface area (Å²) in [5, 5.41) is 2.14. The molecule has 1 aromatic heterocycles. The van der Waals surface area contributed by atoms with Crippen molar-refractivity contribution in [1.29, 1.82) is 0 Å². The van der Waals surface area contributed by atoms with Gasteiger partial charge in [-0.1, -0.05) is 116 Å². The van der Waals surface area contributed by atoms with Gasteiger partial charge in [0, 0.05) is 40.3 Å². The normalized spacial score (nSPS) is 12.6. The van der Waals surface area contributed by atoms with E-state index >= 15 is 0 Å². The number of para-hydroxylation sites is 1. The lowest BCUT2D eigenvalue weighted by Gasteiger charge is -2.40. The monoisotopic (exact) mass is 509 g/mol. The first-order valence-electron chi connectivity index (χ1n) is 12.2. The lowest BCUT2D eigenvalue weighted by molar-refractivity contribution is 0.154. The molecule has 5 aromatic rings. The second-order valence-corrected chi connectivity index (χ2v) is 10.4. The highest BCUT2D eigenvalue weighted by atomic mass is 35.5. The Balaban J connectivity index is 1.74. The van der Waals surface area contributed by atoms with E-state index < -0.39 is 5.60 Å². The Bertz CT molecular complexity index is 1540. The van der Waals surface area contributed by atoms with Crippen LogP contribution in [0.5, 0.6) is 5.75 Å². The summed E-state index contributed by atoms with van der Waals surface area (Å²) in [6.07, 6.45) is 2.75. The Morgan fingerprint density at radius 3 is 2.08 bits per heavy atom. The van der Waals surface area contributed by atoms with Crippen molar-refractivity contribution in [3.63, 3.8) is 0 Å². The largest absolute Gasteiger partial charge is 0.472 e. The Labute approximate surface area is 221 Å². The maximum absolute atomic E-state index is 7.39. The lowest BCUT2D eigenvalue weighted by Crippen LogP contribution is -2.38. The first-order chi connectivity index (χ1) is 17.5. The minimum atomic E-state index is -0.966. The van der Waals surface area contributed by atoms with Crippen LogP contribution in [0.1, 0.15) is 53.1 Å². The topological polar surface area (TPSA) is 22.1 Å². The van der Waals surface area contributed by atoms with Crippen molar-refractivity contribution >= 4 is 34.1 Å². The predicted molar refractivity (Wildman–Crippen MR) is 148 cm³/mol. The van der Waals surface area contributed by atoms with Gasteiger partial charge in [0.05, 0.1) is 15.6 Å². The zero-order chi connectivity index (χ0) is 24.9. The van der Waals surface area contributed by atoms with Gasteiger partial charge in [-0.2, -0.15) is 0 Å². The molecule has 2 aliphatic rings. The van der Waals surface area contributed by atoms with Crippen LogP contribution in [0.25, 0.3) is 10.9 Å². The summed E-state index contributed by atoms with van der Waals surface area (Å²) in [5.41, 5.74) is 6.35. The van der Waals surface area contributed by atoms with Gasteiger partial charge >= 0.3 is 0 Å². The Morgan fingerprint density at radius 2 is 1.44 bits per heavy atom. The van der Waals surface area contributed by atoms with Gasteiger partial charge in [0.1, 0.15) is 5.75 Å². The molecule has 0 N–H and O–H groups in total. The number of nitrogens with zero attached hydrogens (tertiary/aromatic N) is 1. The van der Waals surface area contributed by atoms with Crippen LogP contribution in [-0.4, -0.2) is 4.98 Å². The highest BCUT2D eigenvalue weighted by Crippen LogP contribution is 2.49. The molecule has 4 bridgehead atoms. The fraction of sp³-hybridized carbons (Fsp3) is 0.156. The van der Waals surface area contributed by atoms with Crippen LogP contribution in [0.3, 0.4) is 0 Å². The van der Waals surface area contributed by atoms with E-state index in [9.17, 15) is 0 Å². The smallest absolute Gasteiger partial charge is 0.184 e. The van der Waals surface area contributed by atoms with E-state index in [1.807, 2.05) is 24.4 Å². The van der Waals surface area contributed by atoms with Gasteiger partial charge < -0.3 is 4.74 Å². The third-order valence-electron chi connectivity index (χ3n) is 7.09. The molecule has 7 rings (SSSR count). The van der Waals surface area contributed by atoms with E-state index in [0.717, 1.165) is 50.9 Å². The van der Waals surface area contributed by atoms with E-state index in [4.69, 9.17) is 32.9 Å². The highest BCUT2D eigenvalue weighted by molar-refractivity contribution is 6.42. The zero-order valence-electron chi connectivity index (χ0n) is 20.1. The molecule has 1 aliphatic carbocycles. The van der Waals surface area contributed by atoms with Gasteiger partial charge in [-0.25, -0.2) is 0 Å². The number of hydrogen-bond donors (Lipinski definition) is 0. The van der Waals surface area contributed by atoms with Crippen LogP contribution < -0.4 is 4.74 Å². The molecule has 2 nitrogen and oxygen atoms in total. The fourth-order valence-corrected chi connectivity index (χ4v) is 6.03. The molecule has 0 atom stereocenters. The molecular weight excluding hydrogens is 485 g/mol. The van der Waals surface area contributed by atoms with Gasteiger partial charge in [0.25, 0.3) is 0 Å². The van der Waals surface area contributed by atoms with E-state index in [0.29, 0.717) is 10.0 Å². The van der Waals surface area contributed by atoms with Gasteiger partial charge in [-0.15, -0.1) is 0 Å². The molecule has 1 aliphatic heterocycles. The Morgan fingerprint density at radius 1 is 0.778 bits per heavy atom. The van der Waals surface area contributed by atoms with Crippen molar-refractivity contribution < 1.29 is 4.74 Å². The van der Waals surface area contributed by atoms with E-state index in [-0.39, 0.29) is 5.92 Å². The van der Waals surface area contributed by atoms with Crippen molar-refractivity contribution in [2.75, 3.05) is 0 Å². The molecule has 4 aromatic carbocycles. The molecule has 0 saturated heterocycles. The molecule has 0 radical (unpaired) electrons. The average Bonchev–Trinajstić information content (AvgIpc) is 2.91. The molecule has 2 heterocycles. The highest BCUT2D eigenvalue weighted by Gasteiger charge is 2.43. The third kappa shape index (κ3) is 3.51. The molecule has 36 heavy (non-hydrogen) atoms. The molecule has 0 fully saturated rings. The zero-order valence-corrected chi connectivity index (χ0v) is 21.6. The molecule has 0 saturated carbocycles. The summed E-state index contributed by atoms with van der Waals surface area (Å²) >= 11 is 13.5. The van der Waals surface area contributed by atoms with Crippen LogP contribution in [-0.2, 0) is 12.0 Å². The Hall–Kier alpha value is -3.33. The minimum Gasteiger partial charge on any atom is -0.472 e. The van der Waals surface area contributed by atoms with Crippen LogP contribution in [0.4, 0.5) is 0 Å². The summed E-state index contributed by atoms with van der Waals surface area (Å²) < 4.78 is 7.39. The molecular formula is C32H25Cl2NO. The van der Waals surface area contributed by atoms with Crippen LogP contribution in [0.15, 0.2) is 97.2 Å². The Kier molecular flexibility index (Phi) is 5.75. The summed E-state index contributed by atoms with van der Waals surface area (Å²) in [7, 11) is 0. The summed E-state index contributed by atoms with van der Waals surface area (Å²) in [6.45, 7) is 4.29. The number of pyridine rings is 1. The van der Waals surface area contributed by atoms with Crippen molar-refractivity contribution in [2.24, 2.45) is 0 Å². The number of ether oxygens (including phenoxy) is 1. The van der Waals surface area contributed by atoms with Gasteiger partial charge in [-0.3, -0.25) is 4.98 Å². The number of fused-ring (bicyclic) bond motifs is 1.